The highest BCUT2D eigenvalue weighted by molar-refractivity contribution is 6.00. The maximum absolute atomic E-state index is 13.2. The third kappa shape index (κ3) is 3.21. The highest BCUT2D eigenvalue weighted by atomic mass is 19.4. The van der Waals surface area contributed by atoms with Crippen molar-refractivity contribution in [3.63, 3.8) is 0 Å². The number of primary amides is 1. The minimum absolute atomic E-state index is 0.00954. The summed E-state index contributed by atoms with van der Waals surface area (Å²) >= 11 is 0. The van der Waals surface area contributed by atoms with Gasteiger partial charge < -0.3 is 11.1 Å². The monoisotopic (exact) mass is 308 g/mol. The van der Waals surface area contributed by atoms with E-state index in [1.54, 1.807) is 25.1 Å². The number of carbonyl (C=O) groups is 1. The van der Waals surface area contributed by atoms with E-state index >= 15 is 0 Å². The maximum atomic E-state index is 13.2. The number of alkyl halides is 3. The number of hydrogen-bond acceptors (Lipinski definition) is 2. The van der Waals surface area contributed by atoms with Gasteiger partial charge in [-0.25, -0.2) is 0 Å². The number of hydrogen-bond donors (Lipinski definition) is 2. The molecule has 0 heterocycles. The van der Waals surface area contributed by atoms with Crippen molar-refractivity contribution in [1.29, 1.82) is 0 Å². The van der Waals surface area contributed by atoms with Gasteiger partial charge in [0.05, 0.1) is 5.56 Å². The molecule has 0 unspecified atom stereocenters. The van der Waals surface area contributed by atoms with Crippen molar-refractivity contribution in [2.24, 2.45) is 5.73 Å². The molecule has 0 aliphatic carbocycles. The first-order valence-electron chi connectivity index (χ1n) is 6.69. The molecule has 3 N–H and O–H groups in total. The van der Waals surface area contributed by atoms with Gasteiger partial charge in [0.2, 0.25) is 5.91 Å². The van der Waals surface area contributed by atoms with Crippen LogP contribution in [0.2, 0.25) is 0 Å². The Balaban J connectivity index is 2.61. The smallest absolute Gasteiger partial charge is 0.385 e. The second-order valence-electron chi connectivity index (χ2n) is 4.70. The molecule has 0 aromatic heterocycles. The highest BCUT2D eigenvalue weighted by Crippen LogP contribution is 2.38. The van der Waals surface area contributed by atoms with Gasteiger partial charge in [0.15, 0.2) is 0 Å². The SMILES string of the molecule is CCNc1ccc(-c2ccccc2C(N)=O)cc1C(F)(F)F. The van der Waals surface area contributed by atoms with Crippen molar-refractivity contribution in [2.45, 2.75) is 13.1 Å². The van der Waals surface area contributed by atoms with Crippen LogP contribution in [0.3, 0.4) is 0 Å². The van der Waals surface area contributed by atoms with Crippen LogP contribution in [0.5, 0.6) is 0 Å². The zero-order valence-corrected chi connectivity index (χ0v) is 11.9. The van der Waals surface area contributed by atoms with E-state index in [1.807, 2.05) is 0 Å². The van der Waals surface area contributed by atoms with Gasteiger partial charge in [0, 0.05) is 17.8 Å². The maximum Gasteiger partial charge on any atom is 0.418 e. The van der Waals surface area contributed by atoms with Crippen molar-refractivity contribution in [3.8, 4) is 11.1 Å². The lowest BCUT2D eigenvalue weighted by Gasteiger charge is -2.16. The van der Waals surface area contributed by atoms with Gasteiger partial charge in [-0.1, -0.05) is 24.3 Å². The number of carbonyl (C=O) groups excluding carboxylic acids is 1. The third-order valence-corrected chi connectivity index (χ3v) is 3.20. The van der Waals surface area contributed by atoms with Gasteiger partial charge in [0.25, 0.3) is 0 Å². The Bertz CT molecular complexity index is 696. The molecule has 0 saturated heterocycles. The average Bonchev–Trinajstić information content (AvgIpc) is 2.47. The molecule has 3 nitrogen and oxygen atoms in total. The van der Waals surface area contributed by atoms with Crippen molar-refractivity contribution in [3.05, 3.63) is 53.6 Å². The summed E-state index contributed by atoms with van der Waals surface area (Å²) in [4.78, 5) is 11.4. The number of anilines is 1. The van der Waals surface area contributed by atoms with Crippen LogP contribution in [0.15, 0.2) is 42.5 Å². The van der Waals surface area contributed by atoms with Gasteiger partial charge >= 0.3 is 6.18 Å². The molecule has 0 saturated carbocycles. The summed E-state index contributed by atoms with van der Waals surface area (Å²) in [5.41, 5.74) is 5.38. The lowest BCUT2D eigenvalue weighted by atomic mass is 9.97. The first kappa shape index (κ1) is 15.9. The fourth-order valence-corrected chi connectivity index (χ4v) is 2.24. The van der Waals surface area contributed by atoms with Crippen LogP contribution in [0.25, 0.3) is 11.1 Å². The molecule has 2 rings (SSSR count). The molecule has 0 atom stereocenters. The number of nitrogens with one attached hydrogen (secondary N) is 1. The minimum atomic E-state index is -4.49. The van der Waals surface area contributed by atoms with Crippen molar-refractivity contribution < 1.29 is 18.0 Å². The van der Waals surface area contributed by atoms with Gasteiger partial charge in [0.1, 0.15) is 0 Å². The molecular formula is C16H15F3N2O. The fourth-order valence-electron chi connectivity index (χ4n) is 2.24. The number of rotatable bonds is 4. The molecule has 0 aliphatic rings. The minimum Gasteiger partial charge on any atom is -0.385 e. The lowest BCUT2D eigenvalue weighted by molar-refractivity contribution is -0.136. The van der Waals surface area contributed by atoms with Crippen molar-refractivity contribution >= 4 is 11.6 Å². The standard InChI is InChI=1S/C16H15F3N2O/c1-2-21-14-8-7-10(9-13(14)16(17,18)19)11-5-3-4-6-12(11)15(20)22/h3-9,21H,2H2,1H3,(H2,20,22). The number of benzene rings is 2. The van der Waals surface area contributed by atoms with Crippen LogP contribution in [0.4, 0.5) is 18.9 Å². The van der Waals surface area contributed by atoms with Crippen molar-refractivity contribution in [2.75, 3.05) is 11.9 Å². The largest absolute Gasteiger partial charge is 0.418 e. The lowest BCUT2D eigenvalue weighted by Crippen LogP contribution is -2.13. The van der Waals surface area contributed by atoms with E-state index in [0.717, 1.165) is 6.07 Å². The van der Waals surface area contributed by atoms with Gasteiger partial charge in [-0.05, 0) is 36.2 Å². The van der Waals surface area contributed by atoms with Gasteiger partial charge in [-0.3, -0.25) is 4.79 Å². The van der Waals surface area contributed by atoms with E-state index in [4.69, 9.17) is 5.73 Å². The molecule has 0 fully saturated rings. The number of nitrogens with two attached hydrogens (primary N) is 1. The Morgan fingerprint density at radius 3 is 2.45 bits per heavy atom. The predicted molar refractivity (Wildman–Crippen MR) is 79.6 cm³/mol. The molecular weight excluding hydrogens is 293 g/mol. The summed E-state index contributed by atoms with van der Waals surface area (Å²) < 4.78 is 39.6. The zero-order chi connectivity index (χ0) is 16.3. The normalized spacial score (nSPS) is 11.3. The molecule has 0 bridgehead atoms. The van der Waals surface area contributed by atoms with E-state index in [9.17, 15) is 18.0 Å². The van der Waals surface area contributed by atoms with Crippen LogP contribution in [0, 0.1) is 0 Å². The Kier molecular flexibility index (Phi) is 4.40. The van der Waals surface area contributed by atoms with E-state index in [-0.39, 0.29) is 11.3 Å². The van der Waals surface area contributed by atoms with E-state index in [1.165, 1.54) is 18.2 Å². The Hall–Kier alpha value is -2.50. The summed E-state index contributed by atoms with van der Waals surface area (Å²) in [6.45, 7) is 2.09. The molecule has 2 aromatic rings. The third-order valence-electron chi connectivity index (χ3n) is 3.20. The Labute approximate surface area is 125 Å². The molecule has 0 aliphatic heterocycles. The first-order chi connectivity index (χ1) is 10.3. The highest BCUT2D eigenvalue weighted by Gasteiger charge is 2.34. The molecule has 1 amide bonds. The van der Waals surface area contributed by atoms with Crippen LogP contribution in [0.1, 0.15) is 22.8 Å². The van der Waals surface area contributed by atoms with Crippen LogP contribution in [-0.4, -0.2) is 12.5 Å². The zero-order valence-electron chi connectivity index (χ0n) is 11.9. The van der Waals surface area contributed by atoms with E-state index in [0.29, 0.717) is 17.7 Å². The van der Waals surface area contributed by atoms with Crippen molar-refractivity contribution in [1.82, 2.24) is 0 Å². The van der Waals surface area contributed by atoms with Gasteiger partial charge in [-0.2, -0.15) is 13.2 Å². The summed E-state index contributed by atoms with van der Waals surface area (Å²) in [5, 5.41) is 2.69. The number of halogens is 3. The summed E-state index contributed by atoms with van der Waals surface area (Å²) in [7, 11) is 0. The summed E-state index contributed by atoms with van der Waals surface area (Å²) in [6, 6.07) is 10.2. The summed E-state index contributed by atoms with van der Waals surface area (Å²) in [6.07, 6.45) is -4.49. The predicted octanol–water partition coefficient (Wildman–Crippen LogP) is 3.90. The quantitative estimate of drug-likeness (QED) is 0.900. The van der Waals surface area contributed by atoms with Crippen LogP contribution < -0.4 is 11.1 Å². The Morgan fingerprint density at radius 1 is 1.18 bits per heavy atom. The molecule has 116 valence electrons. The van der Waals surface area contributed by atoms with Crippen LogP contribution >= 0.6 is 0 Å². The fraction of sp³-hybridized carbons (Fsp3) is 0.188. The average molecular weight is 308 g/mol. The molecule has 0 radical (unpaired) electrons. The first-order valence-corrected chi connectivity index (χ1v) is 6.69. The second-order valence-corrected chi connectivity index (χ2v) is 4.70. The Morgan fingerprint density at radius 2 is 1.86 bits per heavy atom. The molecule has 2 aromatic carbocycles. The number of amides is 1. The van der Waals surface area contributed by atoms with Crippen LogP contribution in [-0.2, 0) is 6.18 Å². The molecule has 22 heavy (non-hydrogen) atoms. The van der Waals surface area contributed by atoms with E-state index < -0.39 is 17.6 Å². The topological polar surface area (TPSA) is 55.1 Å². The second kappa shape index (κ2) is 6.09. The summed E-state index contributed by atoms with van der Waals surface area (Å²) in [5.74, 6) is -0.681. The molecule has 0 spiro atoms. The molecule has 6 heteroatoms. The van der Waals surface area contributed by atoms with Gasteiger partial charge in [-0.15, -0.1) is 0 Å². The van der Waals surface area contributed by atoms with E-state index in [2.05, 4.69) is 5.32 Å².